The summed E-state index contributed by atoms with van der Waals surface area (Å²) in [5, 5.41) is 18.5. The van der Waals surface area contributed by atoms with Crippen LogP contribution in [-0.4, -0.2) is 31.4 Å². The van der Waals surface area contributed by atoms with E-state index in [-0.39, 0.29) is 6.61 Å². The Morgan fingerprint density at radius 1 is 1.00 bits per heavy atom. The molecule has 116 valence electrons. The van der Waals surface area contributed by atoms with Crippen molar-refractivity contribution in [3.05, 3.63) is 47.0 Å². The third-order valence-corrected chi connectivity index (χ3v) is 3.36. The highest BCUT2D eigenvalue weighted by Crippen LogP contribution is 2.26. The van der Waals surface area contributed by atoms with Gasteiger partial charge in [0, 0.05) is 6.07 Å². The molecule has 0 aliphatic rings. The van der Waals surface area contributed by atoms with Crippen LogP contribution in [-0.2, 0) is 6.61 Å². The maximum Gasteiger partial charge on any atom is 0.488 e. The van der Waals surface area contributed by atoms with E-state index in [2.05, 4.69) is 0 Å². The number of methoxy groups -OCH3 is 2. The predicted octanol–water partition coefficient (Wildman–Crippen LogP) is 1.62. The summed E-state index contributed by atoms with van der Waals surface area (Å²) in [5.74, 6) is 1.79. The van der Waals surface area contributed by atoms with Crippen molar-refractivity contribution in [1.82, 2.24) is 0 Å². The highest BCUT2D eigenvalue weighted by atomic mass is 35.5. The SMILES string of the molecule is COc1cc(COc2ccc(B(O)O)cc2Cl)cc(OC)c1. The van der Waals surface area contributed by atoms with Crippen LogP contribution in [0, 0.1) is 0 Å². The van der Waals surface area contributed by atoms with Crippen molar-refractivity contribution in [2.24, 2.45) is 0 Å². The van der Waals surface area contributed by atoms with Crippen LogP contribution >= 0.6 is 11.6 Å². The lowest BCUT2D eigenvalue weighted by Gasteiger charge is -2.11. The van der Waals surface area contributed by atoms with Gasteiger partial charge in [0.05, 0.1) is 19.2 Å². The van der Waals surface area contributed by atoms with Gasteiger partial charge in [0.2, 0.25) is 0 Å². The molecule has 22 heavy (non-hydrogen) atoms. The largest absolute Gasteiger partial charge is 0.497 e. The minimum absolute atomic E-state index is 0.272. The van der Waals surface area contributed by atoms with Crippen molar-refractivity contribution in [3.63, 3.8) is 0 Å². The molecule has 0 atom stereocenters. The fourth-order valence-corrected chi connectivity index (χ4v) is 2.15. The van der Waals surface area contributed by atoms with Crippen LogP contribution in [0.4, 0.5) is 0 Å². The van der Waals surface area contributed by atoms with Crippen molar-refractivity contribution in [2.45, 2.75) is 6.61 Å². The second-order valence-electron chi connectivity index (χ2n) is 4.57. The molecule has 0 bridgehead atoms. The molecule has 0 saturated carbocycles. The van der Waals surface area contributed by atoms with E-state index in [1.54, 1.807) is 26.4 Å². The Morgan fingerprint density at radius 2 is 1.64 bits per heavy atom. The second-order valence-corrected chi connectivity index (χ2v) is 4.98. The maximum absolute atomic E-state index is 9.09. The Kier molecular flexibility index (Phi) is 5.54. The Labute approximate surface area is 134 Å². The number of halogens is 1. The fraction of sp³-hybridized carbons (Fsp3) is 0.200. The molecular weight excluding hydrogens is 306 g/mol. The standard InChI is InChI=1S/C15H16BClO5/c1-20-12-5-10(6-13(8-12)21-2)9-22-15-4-3-11(16(18)19)7-14(15)17/h3-8,18-19H,9H2,1-2H3. The first-order valence-electron chi connectivity index (χ1n) is 6.54. The number of benzene rings is 2. The van der Waals surface area contributed by atoms with E-state index in [0.29, 0.717) is 27.7 Å². The average molecular weight is 323 g/mol. The average Bonchev–Trinajstić information content (AvgIpc) is 2.53. The zero-order valence-corrected chi connectivity index (χ0v) is 13.0. The van der Waals surface area contributed by atoms with Gasteiger partial charge in [0.1, 0.15) is 23.9 Å². The third kappa shape index (κ3) is 4.07. The molecule has 2 aromatic rings. The molecule has 0 unspecified atom stereocenters. The second kappa shape index (κ2) is 7.40. The molecule has 0 radical (unpaired) electrons. The van der Waals surface area contributed by atoms with E-state index < -0.39 is 7.12 Å². The molecule has 2 aromatic carbocycles. The molecule has 2 rings (SSSR count). The highest BCUT2D eigenvalue weighted by molar-refractivity contribution is 6.59. The number of rotatable bonds is 6. The van der Waals surface area contributed by atoms with E-state index in [1.165, 1.54) is 12.1 Å². The van der Waals surface area contributed by atoms with Crippen molar-refractivity contribution in [3.8, 4) is 17.2 Å². The normalized spacial score (nSPS) is 10.2. The van der Waals surface area contributed by atoms with Crippen LogP contribution in [0.5, 0.6) is 17.2 Å². The Hall–Kier alpha value is -1.89. The summed E-state index contributed by atoms with van der Waals surface area (Å²) in [6, 6.07) is 10.0. The van der Waals surface area contributed by atoms with Crippen LogP contribution < -0.4 is 19.7 Å². The van der Waals surface area contributed by atoms with Gasteiger partial charge in [-0.25, -0.2) is 0 Å². The molecule has 0 spiro atoms. The van der Waals surface area contributed by atoms with Gasteiger partial charge in [-0.3, -0.25) is 0 Å². The number of hydrogen-bond donors (Lipinski definition) is 2. The van der Waals surface area contributed by atoms with Crippen molar-refractivity contribution >= 4 is 24.2 Å². The minimum atomic E-state index is -1.56. The van der Waals surface area contributed by atoms with Gasteiger partial charge in [-0.15, -0.1) is 0 Å². The van der Waals surface area contributed by atoms with E-state index >= 15 is 0 Å². The van der Waals surface area contributed by atoms with Crippen molar-refractivity contribution < 1.29 is 24.3 Å². The highest BCUT2D eigenvalue weighted by Gasteiger charge is 2.13. The van der Waals surface area contributed by atoms with Gasteiger partial charge in [0.15, 0.2) is 0 Å². The molecule has 0 heterocycles. The number of hydrogen-bond acceptors (Lipinski definition) is 5. The van der Waals surface area contributed by atoms with Crippen molar-refractivity contribution in [1.29, 1.82) is 0 Å². The lowest BCUT2D eigenvalue weighted by Crippen LogP contribution is -2.29. The summed E-state index contributed by atoms with van der Waals surface area (Å²) in [6.07, 6.45) is 0. The lowest BCUT2D eigenvalue weighted by molar-refractivity contribution is 0.304. The lowest BCUT2D eigenvalue weighted by atomic mass is 9.80. The summed E-state index contributed by atoms with van der Waals surface area (Å²) < 4.78 is 16.0. The number of ether oxygens (including phenoxy) is 3. The molecular formula is C15H16BClO5. The van der Waals surface area contributed by atoms with E-state index in [1.807, 2.05) is 12.1 Å². The summed E-state index contributed by atoms with van der Waals surface area (Å²) in [5.41, 5.74) is 1.17. The quantitative estimate of drug-likeness (QED) is 0.791. The summed E-state index contributed by atoms with van der Waals surface area (Å²) in [6.45, 7) is 0.272. The van der Waals surface area contributed by atoms with E-state index in [0.717, 1.165) is 5.56 Å². The zero-order chi connectivity index (χ0) is 16.1. The first kappa shape index (κ1) is 16.5. The summed E-state index contributed by atoms with van der Waals surface area (Å²) in [7, 11) is 1.60. The van der Waals surface area contributed by atoms with Crippen molar-refractivity contribution in [2.75, 3.05) is 14.2 Å². The van der Waals surface area contributed by atoms with E-state index in [4.69, 9.17) is 35.9 Å². The zero-order valence-electron chi connectivity index (χ0n) is 12.2. The molecule has 0 amide bonds. The van der Waals surface area contributed by atoms with Gasteiger partial charge in [-0.2, -0.15) is 0 Å². The molecule has 0 aliphatic carbocycles. The van der Waals surface area contributed by atoms with Gasteiger partial charge in [-0.05, 0) is 35.3 Å². The van der Waals surface area contributed by atoms with Crippen LogP contribution in [0.1, 0.15) is 5.56 Å². The smallest absolute Gasteiger partial charge is 0.488 e. The molecule has 0 saturated heterocycles. The van der Waals surface area contributed by atoms with Gasteiger partial charge in [0.25, 0.3) is 0 Å². The van der Waals surface area contributed by atoms with Crippen LogP contribution in [0.3, 0.4) is 0 Å². The first-order chi connectivity index (χ1) is 10.5. The summed E-state index contributed by atoms with van der Waals surface area (Å²) in [4.78, 5) is 0. The monoisotopic (exact) mass is 322 g/mol. The Balaban J connectivity index is 2.13. The maximum atomic E-state index is 9.09. The predicted molar refractivity (Wildman–Crippen MR) is 85.2 cm³/mol. The molecule has 2 N–H and O–H groups in total. The fourth-order valence-electron chi connectivity index (χ4n) is 1.91. The molecule has 0 aromatic heterocycles. The molecule has 0 fully saturated rings. The van der Waals surface area contributed by atoms with E-state index in [9.17, 15) is 0 Å². The van der Waals surface area contributed by atoms with Crippen LogP contribution in [0.15, 0.2) is 36.4 Å². The first-order valence-corrected chi connectivity index (χ1v) is 6.91. The molecule has 5 nitrogen and oxygen atoms in total. The topological polar surface area (TPSA) is 68.2 Å². The molecule has 0 aliphatic heterocycles. The summed E-state index contributed by atoms with van der Waals surface area (Å²) >= 11 is 6.06. The van der Waals surface area contributed by atoms with Crippen LogP contribution in [0.2, 0.25) is 5.02 Å². The Morgan fingerprint density at radius 3 is 2.14 bits per heavy atom. The van der Waals surface area contributed by atoms with Gasteiger partial charge < -0.3 is 24.3 Å². The third-order valence-electron chi connectivity index (χ3n) is 3.06. The molecule has 7 heteroatoms. The van der Waals surface area contributed by atoms with Gasteiger partial charge >= 0.3 is 7.12 Å². The van der Waals surface area contributed by atoms with Crippen LogP contribution in [0.25, 0.3) is 0 Å². The minimum Gasteiger partial charge on any atom is -0.497 e. The Bertz CT molecular complexity index is 626. The van der Waals surface area contributed by atoms with Gasteiger partial charge in [-0.1, -0.05) is 17.7 Å².